The second-order valence-corrected chi connectivity index (χ2v) is 6.99. The lowest BCUT2D eigenvalue weighted by atomic mass is 10.1. The summed E-state index contributed by atoms with van der Waals surface area (Å²) in [6, 6.07) is 23.6. The van der Waals surface area contributed by atoms with Crippen LogP contribution in [-0.4, -0.2) is 11.6 Å². The molecular weight excluding hydrogens is 359 g/mol. The van der Waals surface area contributed by atoms with Crippen molar-refractivity contribution in [2.24, 2.45) is 5.10 Å². The molecule has 0 aliphatic rings. The molecule has 0 heterocycles. The number of carbonyl (C=O) groups is 1. The molecule has 0 saturated carbocycles. The third kappa shape index (κ3) is 5.53. The zero-order valence-corrected chi connectivity index (χ0v) is 15.7. The predicted octanol–water partition coefficient (Wildman–Crippen LogP) is 5.27. The van der Waals surface area contributed by atoms with Crippen molar-refractivity contribution in [2.75, 3.05) is 0 Å². The molecule has 1 N–H and O–H groups in total. The van der Waals surface area contributed by atoms with Crippen molar-refractivity contribution in [2.45, 2.75) is 17.6 Å². The van der Waals surface area contributed by atoms with Gasteiger partial charge in [0.15, 0.2) is 0 Å². The van der Waals surface area contributed by atoms with Crippen LogP contribution in [0.25, 0.3) is 0 Å². The molecule has 3 rings (SSSR count). The van der Waals surface area contributed by atoms with Gasteiger partial charge in [-0.1, -0.05) is 42.5 Å². The van der Waals surface area contributed by atoms with Gasteiger partial charge in [-0.15, -0.1) is 11.8 Å². The van der Waals surface area contributed by atoms with Crippen LogP contribution in [0, 0.1) is 5.82 Å². The van der Waals surface area contributed by atoms with Crippen LogP contribution in [0.3, 0.4) is 0 Å². The molecule has 3 aromatic rings. The third-order valence-electron chi connectivity index (χ3n) is 3.95. The summed E-state index contributed by atoms with van der Waals surface area (Å²) in [7, 11) is 0. The molecule has 0 atom stereocenters. The Morgan fingerprint density at radius 1 is 0.926 bits per heavy atom. The van der Waals surface area contributed by atoms with Gasteiger partial charge in [-0.25, -0.2) is 9.82 Å². The molecule has 136 valence electrons. The van der Waals surface area contributed by atoms with Crippen LogP contribution in [0.15, 0.2) is 88.9 Å². The number of benzene rings is 3. The standard InChI is InChI=1S/C22H19FN2OS/c1-16(18-11-13-20(23)14-12-18)24-25-22(26)19-9-7-17(8-10-19)15-27-21-5-3-2-4-6-21/h2-14H,15H2,1H3,(H,25,26)/b24-16+. The predicted molar refractivity (Wildman–Crippen MR) is 109 cm³/mol. The minimum Gasteiger partial charge on any atom is -0.267 e. The van der Waals surface area contributed by atoms with Crippen LogP contribution in [-0.2, 0) is 5.75 Å². The Kier molecular flexibility index (Phi) is 6.39. The van der Waals surface area contributed by atoms with E-state index in [0.717, 1.165) is 16.9 Å². The first-order valence-corrected chi connectivity index (χ1v) is 9.48. The third-order valence-corrected chi connectivity index (χ3v) is 5.04. The molecule has 0 aliphatic heterocycles. The number of rotatable bonds is 6. The largest absolute Gasteiger partial charge is 0.271 e. The van der Waals surface area contributed by atoms with Gasteiger partial charge in [-0.3, -0.25) is 4.79 Å². The fourth-order valence-electron chi connectivity index (χ4n) is 2.39. The fourth-order valence-corrected chi connectivity index (χ4v) is 3.27. The van der Waals surface area contributed by atoms with Crippen LogP contribution in [0.1, 0.15) is 28.4 Å². The van der Waals surface area contributed by atoms with Crippen molar-refractivity contribution in [1.29, 1.82) is 0 Å². The second kappa shape index (κ2) is 9.14. The Morgan fingerprint density at radius 2 is 1.56 bits per heavy atom. The summed E-state index contributed by atoms with van der Waals surface area (Å²) in [5.41, 5.74) is 5.59. The Labute approximate surface area is 162 Å². The zero-order valence-electron chi connectivity index (χ0n) is 14.9. The van der Waals surface area contributed by atoms with Gasteiger partial charge in [0.1, 0.15) is 5.82 Å². The van der Waals surface area contributed by atoms with Crippen LogP contribution in [0.4, 0.5) is 4.39 Å². The van der Waals surface area contributed by atoms with E-state index in [1.807, 2.05) is 30.3 Å². The minimum atomic E-state index is -0.305. The number of thioether (sulfide) groups is 1. The first-order chi connectivity index (χ1) is 13.1. The van der Waals surface area contributed by atoms with E-state index >= 15 is 0 Å². The summed E-state index contributed by atoms with van der Waals surface area (Å²) >= 11 is 1.75. The van der Waals surface area contributed by atoms with Gasteiger partial charge in [0, 0.05) is 16.2 Å². The Hall–Kier alpha value is -2.92. The van der Waals surface area contributed by atoms with Gasteiger partial charge in [-0.2, -0.15) is 5.10 Å². The van der Waals surface area contributed by atoms with E-state index in [4.69, 9.17) is 0 Å². The molecule has 3 nitrogen and oxygen atoms in total. The lowest BCUT2D eigenvalue weighted by molar-refractivity contribution is 0.0955. The first-order valence-electron chi connectivity index (χ1n) is 8.49. The molecule has 0 unspecified atom stereocenters. The van der Waals surface area contributed by atoms with Gasteiger partial charge in [0.25, 0.3) is 5.91 Å². The molecular formula is C22H19FN2OS. The van der Waals surface area contributed by atoms with Gasteiger partial charge in [0.2, 0.25) is 0 Å². The number of nitrogens with one attached hydrogen (secondary N) is 1. The minimum absolute atomic E-state index is 0.279. The highest BCUT2D eigenvalue weighted by molar-refractivity contribution is 7.98. The van der Waals surface area contributed by atoms with Crippen molar-refractivity contribution in [3.8, 4) is 0 Å². The quantitative estimate of drug-likeness (QED) is 0.361. The van der Waals surface area contributed by atoms with E-state index < -0.39 is 0 Å². The Balaban J connectivity index is 1.57. The summed E-state index contributed by atoms with van der Waals surface area (Å²) in [5, 5.41) is 4.09. The normalized spacial score (nSPS) is 11.3. The van der Waals surface area contributed by atoms with Crippen LogP contribution in [0.2, 0.25) is 0 Å². The second-order valence-electron chi connectivity index (χ2n) is 5.94. The van der Waals surface area contributed by atoms with Crippen molar-refractivity contribution >= 4 is 23.4 Å². The van der Waals surface area contributed by atoms with Crippen LogP contribution >= 0.6 is 11.8 Å². The van der Waals surface area contributed by atoms with Gasteiger partial charge in [0.05, 0.1) is 5.71 Å². The molecule has 0 aliphatic carbocycles. The smallest absolute Gasteiger partial charge is 0.267 e. The lowest BCUT2D eigenvalue weighted by Gasteiger charge is -2.05. The molecule has 0 bridgehead atoms. The van der Waals surface area contributed by atoms with E-state index in [0.29, 0.717) is 11.3 Å². The maximum Gasteiger partial charge on any atom is 0.271 e. The highest BCUT2D eigenvalue weighted by atomic mass is 32.2. The summed E-state index contributed by atoms with van der Waals surface area (Å²) in [5.74, 6) is 0.258. The molecule has 0 radical (unpaired) electrons. The molecule has 0 fully saturated rings. The molecule has 27 heavy (non-hydrogen) atoms. The van der Waals surface area contributed by atoms with Gasteiger partial charge in [-0.05, 0) is 54.4 Å². The molecule has 0 saturated heterocycles. The first kappa shape index (κ1) is 18.9. The van der Waals surface area contributed by atoms with Gasteiger partial charge < -0.3 is 0 Å². The monoisotopic (exact) mass is 378 g/mol. The number of hydrogen-bond donors (Lipinski definition) is 1. The molecule has 0 aromatic heterocycles. The zero-order chi connectivity index (χ0) is 19.1. The summed E-state index contributed by atoms with van der Waals surface area (Å²) in [6.45, 7) is 1.76. The highest BCUT2D eigenvalue weighted by Gasteiger charge is 2.06. The van der Waals surface area contributed by atoms with E-state index in [2.05, 4.69) is 22.7 Å². The Morgan fingerprint density at radius 3 is 2.22 bits per heavy atom. The lowest BCUT2D eigenvalue weighted by Crippen LogP contribution is -2.19. The summed E-state index contributed by atoms with van der Waals surface area (Å²) in [4.78, 5) is 13.5. The average molecular weight is 378 g/mol. The van der Waals surface area contributed by atoms with Crippen molar-refractivity contribution in [3.05, 3.63) is 101 Å². The van der Waals surface area contributed by atoms with E-state index in [-0.39, 0.29) is 11.7 Å². The SMILES string of the molecule is C/C(=N\NC(=O)c1ccc(CSc2ccccc2)cc1)c1ccc(F)cc1. The number of hydrogen-bond acceptors (Lipinski definition) is 3. The molecule has 1 amide bonds. The van der Waals surface area contributed by atoms with E-state index in [1.165, 1.54) is 17.0 Å². The maximum atomic E-state index is 13.0. The number of hydrazone groups is 1. The van der Waals surface area contributed by atoms with E-state index in [1.54, 1.807) is 43.0 Å². The van der Waals surface area contributed by atoms with E-state index in [9.17, 15) is 9.18 Å². The fraction of sp³-hybridized carbons (Fsp3) is 0.0909. The van der Waals surface area contributed by atoms with Gasteiger partial charge >= 0.3 is 0 Å². The van der Waals surface area contributed by atoms with Crippen molar-refractivity contribution in [1.82, 2.24) is 5.43 Å². The topological polar surface area (TPSA) is 41.5 Å². The maximum absolute atomic E-state index is 13.0. The number of halogens is 1. The van der Waals surface area contributed by atoms with Crippen LogP contribution < -0.4 is 5.43 Å². The van der Waals surface area contributed by atoms with Crippen molar-refractivity contribution in [3.63, 3.8) is 0 Å². The molecule has 5 heteroatoms. The Bertz CT molecular complexity index is 923. The highest BCUT2D eigenvalue weighted by Crippen LogP contribution is 2.22. The average Bonchev–Trinajstić information content (AvgIpc) is 2.72. The summed E-state index contributed by atoms with van der Waals surface area (Å²) < 4.78 is 13.0. The summed E-state index contributed by atoms with van der Waals surface area (Å²) in [6.07, 6.45) is 0. The molecule has 0 spiro atoms. The number of amides is 1. The van der Waals surface area contributed by atoms with Crippen molar-refractivity contribution < 1.29 is 9.18 Å². The number of carbonyl (C=O) groups excluding carboxylic acids is 1. The van der Waals surface area contributed by atoms with Crippen LogP contribution in [0.5, 0.6) is 0 Å². The number of nitrogens with zero attached hydrogens (tertiary/aromatic N) is 1. The molecule has 3 aromatic carbocycles.